The summed E-state index contributed by atoms with van der Waals surface area (Å²) in [6, 6.07) is 4.70. The number of nitrogens with one attached hydrogen (secondary N) is 1. The van der Waals surface area contributed by atoms with Crippen LogP contribution in [0.15, 0.2) is 18.5 Å². The fraction of sp³-hybridized carbons (Fsp3) is 0.538. The summed E-state index contributed by atoms with van der Waals surface area (Å²) in [6.45, 7) is 4.35. The predicted molar refractivity (Wildman–Crippen MR) is 68.1 cm³/mol. The van der Waals surface area contributed by atoms with Gasteiger partial charge in [0.15, 0.2) is 5.65 Å². The summed E-state index contributed by atoms with van der Waals surface area (Å²) in [6.07, 6.45) is 5.68. The lowest BCUT2D eigenvalue weighted by Gasteiger charge is -2.32. The van der Waals surface area contributed by atoms with Gasteiger partial charge in [0.05, 0.1) is 0 Å². The zero-order valence-corrected chi connectivity index (χ0v) is 10.3. The Hall–Kier alpha value is -1.58. The van der Waals surface area contributed by atoms with Gasteiger partial charge < -0.3 is 5.32 Å². The Labute approximate surface area is 101 Å². The minimum atomic E-state index is 0.512. The molecule has 2 aromatic heterocycles. The molecule has 17 heavy (non-hydrogen) atoms. The molecule has 90 valence electrons. The molecule has 0 saturated heterocycles. The molecule has 2 heterocycles. The molecule has 0 bridgehead atoms. The van der Waals surface area contributed by atoms with Crippen LogP contribution in [0.5, 0.6) is 0 Å². The molecule has 1 fully saturated rings. The van der Waals surface area contributed by atoms with Gasteiger partial charge >= 0.3 is 0 Å². The average molecular weight is 230 g/mol. The molecule has 1 unspecified atom stereocenters. The van der Waals surface area contributed by atoms with Gasteiger partial charge in [0.25, 0.3) is 0 Å². The van der Waals surface area contributed by atoms with Crippen LogP contribution >= 0.6 is 0 Å². The van der Waals surface area contributed by atoms with E-state index in [0.717, 1.165) is 17.4 Å². The van der Waals surface area contributed by atoms with Crippen molar-refractivity contribution >= 4 is 11.5 Å². The predicted octanol–water partition coefficient (Wildman–Crippen LogP) is 2.64. The summed E-state index contributed by atoms with van der Waals surface area (Å²) in [7, 11) is 0. The third-order valence-electron chi connectivity index (χ3n) is 3.76. The van der Waals surface area contributed by atoms with Crippen LogP contribution in [-0.4, -0.2) is 20.6 Å². The number of hydrogen-bond donors (Lipinski definition) is 1. The number of nitrogens with zero attached hydrogens (tertiary/aromatic N) is 3. The maximum Gasteiger partial charge on any atom is 0.157 e. The number of rotatable bonds is 3. The van der Waals surface area contributed by atoms with Crippen LogP contribution in [0.3, 0.4) is 0 Å². The first-order valence-corrected chi connectivity index (χ1v) is 6.31. The highest BCUT2D eigenvalue weighted by atomic mass is 15.3. The monoisotopic (exact) mass is 230 g/mol. The van der Waals surface area contributed by atoms with Crippen LogP contribution in [0.2, 0.25) is 0 Å². The fourth-order valence-electron chi connectivity index (χ4n) is 2.45. The molecule has 0 aromatic carbocycles. The topological polar surface area (TPSA) is 42.2 Å². The van der Waals surface area contributed by atoms with Crippen molar-refractivity contribution < 1.29 is 0 Å². The van der Waals surface area contributed by atoms with E-state index in [1.807, 2.05) is 10.6 Å². The molecule has 1 aliphatic rings. The molecule has 4 heteroatoms. The molecule has 2 aromatic rings. The second-order valence-electron chi connectivity index (χ2n) is 5.07. The van der Waals surface area contributed by atoms with Crippen LogP contribution < -0.4 is 5.32 Å². The molecule has 1 N–H and O–H groups in total. The van der Waals surface area contributed by atoms with Crippen molar-refractivity contribution in [3.63, 3.8) is 0 Å². The van der Waals surface area contributed by atoms with Gasteiger partial charge in [-0.2, -0.15) is 9.61 Å². The Morgan fingerprint density at radius 1 is 1.41 bits per heavy atom. The molecule has 1 atom stereocenters. The third-order valence-corrected chi connectivity index (χ3v) is 3.76. The van der Waals surface area contributed by atoms with Gasteiger partial charge in [-0.1, -0.05) is 6.42 Å². The third kappa shape index (κ3) is 1.88. The highest BCUT2D eigenvalue weighted by molar-refractivity contribution is 5.51. The molecule has 0 amide bonds. The fourth-order valence-corrected chi connectivity index (χ4v) is 2.45. The smallest absolute Gasteiger partial charge is 0.157 e. The van der Waals surface area contributed by atoms with Gasteiger partial charge in [0, 0.05) is 6.04 Å². The highest BCUT2D eigenvalue weighted by Crippen LogP contribution is 2.31. The van der Waals surface area contributed by atoms with Gasteiger partial charge in [-0.25, -0.2) is 4.98 Å². The summed E-state index contributed by atoms with van der Waals surface area (Å²) in [4.78, 5) is 4.24. The Kier molecular flexibility index (Phi) is 2.50. The largest absolute Gasteiger partial charge is 0.367 e. The van der Waals surface area contributed by atoms with E-state index >= 15 is 0 Å². The Morgan fingerprint density at radius 2 is 2.24 bits per heavy atom. The van der Waals surface area contributed by atoms with E-state index in [1.54, 1.807) is 6.33 Å². The Morgan fingerprint density at radius 3 is 2.94 bits per heavy atom. The zero-order valence-electron chi connectivity index (χ0n) is 10.3. The van der Waals surface area contributed by atoms with Crippen LogP contribution in [0.4, 0.5) is 5.82 Å². The van der Waals surface area contributed by atoms with Crippen molar-refractivity contribution in [3.05, 3.63) is 24.0 Å². The van der Waals surface area contributed by atoms with Crippen molar-refractivity contribution in [1.29, 1.82) is 0 Å². The van der Waals surface area contributed by atoms with Gasteiger partial charge in [-0.15, -0.1) is 0 Å². The molecule has 0 aliphatic heterocycles. The summed E-state index contributed by atoms with van der Waals surface area (Å²) in [5.74, 6) is 1.87. The van der Waals surface area contributed by atoms with Crippen LogP contribution in [0.1, 0.15) is 31.7 Å². The van der Waals surface area contributed by atoms with Gasteiger partial charge in [0.1, 0.15) is 12.1 Å². The van der Waals surface area contributed by atoms with E-state index in [0.29, 0.717) is 6.04 Å². The first-order valence-electron chi connectivity index (χ1n) is 6.31. The Balaban J connectivity index is 1.90. The van der Waals surface area contributed by atoms with Crippen molar-refractivity contribution in [2.24, 2.45) is 5.92 Å². The number of pyridine rings is 1. The molecule has 4 nitrogen and oxygen atoms in total. The average Bonchev–Trinajstić information content (AvgIpc) is 2.62. The summed E-state index contributed by atoms with van der Waals surface area (Å²) in [5.41, 5.74) is 2.13. The summed E-state index contributed by atoms with van der Waals surface area (Å²) in [5, 5.41) is 7.83. The number of hydrogen-bond acceptors (Lipinski definition) is 3. The lowest BCUT2D eigenvalue weighted by atomic mass is 9.80. The number of aryl methyl sites for hydroxylation is 1. The van der Waals surface area contributed by atoms with Crippen LogP contribution in [0.25, 0.3) is 5.65 Å². The molecular formula is C13H18N4. The lowest BCUT2D eigenvalue weighted by molar-refractivity contribution is 0.284. The van der Waals surface area contributed by atoms with Crippen molar-refractivity contribution in [3.8, 4) is 0 Å². The quantitative estimate of drug-likeness (QED) is 0.881. The maximum atomic E-state index is 4.26. The number of aromatic nitrogens is 3. The van der Waals surface area contributed by atoms with Crippen LogP contribution in [-0.2, 0) is 0 Å². The van der Waals surface area contributed by atoms with E-state index in [-0.39, 0.29) is 0 Å². The SMILES string of the molecule is Cc1cc(NC(C)C2CCC2)n2ncnc2c1. The van der Waals surface area contributed by atoms with Crippen molar-refractivity contribution in [2.45, 2.75) is 39.2 Å². The van der Waals surface area contributed by atoms with E-state index < -0.39 is 0 Å². The van der Waals surface area contributed by atoms with Crippen LogP contribution in [0, 0.1) is 12.8 Å². The van der Waals surface area contributed by atoms with Crippen molar-refractivity contribution in [2.75, 3.05) is 5.32 Å². The van der Waals surface area contributed by atoms with E-state index in [2.05, 4.69) is 35.3 Å². The minimum Gasteiger partial charge on any atom is -0.367 e. The molecule has 0 radical (unpaired) electrons. The Bertz CT molecular complexity index is 527. The minimum absolute atomic E-state index is 0.512. The van der Waals surface area contributed by atoms with Gasteiger partial charge in [-0.05, 0) is 50.3 Å². The van der Waals surface area contributed by atoms with Crippen molar-refractivity contribution in [1.82, 2.24) is 14.6 Å². The van der Waals surface area contributed by atoms with Gasteiger partial charge in [0.2, 0.25) is 0 Å². The lowest BCUT2D eigenvalue weighted by Crippen LogP contribution is -2.31. The standard InChI is InChI=1S/C13H18N4/c1-9-6-12-14-8-15-17(12)13(7-9)16-10(2)11-4-3-5-11/h6-8,10-11,16H,3-5H2,1-2H3. The summed E-state index contributed by atoms with van der Waals surface area (Å²) < 4.78 is 1.88. The zero-order chi connectivity index (χ0) is 11.8. The van der Waals surface area contributed by atoms with E-state index in [4.69, 9.17) is 0 Å². The second-order valence-corrected chi connectivity index (χ2v) is 5.07. The highest BCUT2D eigenvalue weighted by Gasteiger charge is 2.24. The molecule has 0 spiro atoms. The first-order chi connectivity index (χ1) is 8.24. The van der Waals surface area contributed by atoms with E-state index in [1.165, 1.54) is 24.8 Å². The molecule has 1 aliphatic carbocycles. The normalized spacial score (nSPS) is 18.0. The van der Waals surface area contributed by atoms with E-state index in [9.17, 15) is 0 Å². The molecule has 3 rings (SSSR count). The molecular weight excluding hydrogens is 212 g/mol. The number of fused-ring (bicyclic) bond motifs is 1. The second kappa shape index (κ2) is 4.02. The summed E-state index contributed by atoms with van der Waals surface area (Å²) >= 11 is 0. The number of anilines is 1. The maximum absolute atomic E-state index is 4.26. The molecule has 1 saturated carbocycles. The van der Waals surface area contributed by atoms with Gasteiger partial charge in [-0.3, -0.25) is 0 Å². The first kappa shape index (κ1) is 10.6.